The van der Waals surface area contributed by atoms with Gasteiger partial charge in [0.15, 0.2) is 0 Å². The Morgan fingerprint density at radius 2 is 2.22 bits per heavy atom. The molecule has 0 aliphatic heterocycles. The van der Waals surface area contributed by atoms with Crippen LogP contribution in [0.25, 0.3) is 6.08 Å². The van der Waals surface area contributed by atoms with Crippen LogP contribution in [0.2, 0.25) is 0 Å². The van der Waals surface area contributed by atoms with Crippen molar-refractivity contribution in [2.24, 2.45) is 0 Å². The molecule has 0 atom stereocenters. The second-order valence-corrected chi connectivity index (χ2v) is 3.60. The van der Waals surface area contributed by atoms with Crippen LogP contribution in [0.3, 0.4) is 0 Å². The summed E-state index contributed by atoms with van der Waals surface area (Å²) < 4.78 is 17.8. The lowest BCUT2D eigenvalue weighted by atomic mass is 10.1. The number of carbonyl (C=O) groups is 1. The molecule has 0 saturated heterocycles. The molecule has 0 fully saturated rings. The summed E-state index contributed by atoms with van der Waals surface area (Å²) in [6.07, 6.45) is 3.10. The van der Waals surface area contributed by atoms with Crippen LogP contribution >= 0.6 is 0 Å². The number of esters is 1. The van der Waals surface area contributed by atoms with Gasteiger partial charge >= 0.3 is 11.7 Å². The molecule has 0 aromatic heterocycles. The van der Waals surface area contributed by atoms with Crippen molar-refractivity contribution in [3.8, 4) is 0 Å². The lowest BCUT2D eigenvalue weighted by Gasteiger charge is -2.01. The average molecular weight is 253 g/mol. The standard InChI is InChI=1S/C12H12FNO4/c1-8-6-11(14(16)17)10(13)7-9(8)4-3-5-12(15)18-2/h3-4,6-7H,5H2,1-2H3. The van der Waals surface area contributed by atoms with Gasteiger partial charge in [-0.25, -0.2) is 0 Å². The third-order valence-corrected chi connectivity index (χ3v) is 2.34. The zero-order valence-corrected chi connectivity index (χ0v) is 9.97. The van der Waals surface area contributed by atoms with Crippen LogP contribution in [-0.4, -0.2) is 18.0 Å². The molecule has 0 bridgehead atoms. The predicted molar refractivity (Wildman–Crippen MR) is 63.5 cm³/mol. The van der Waals surface area contributed by atoms with Gasteiger partial charge < -0.3 is 4.74 Å². The second kappa shape index (κ2) is 5.90. The van der Waals surface area contributed by atoms with Gasteiger partial charge in [-0.1, -0.05) is 12.2 Å². The molecule has 18 heavy (non-hydrogen) atoms. The average Bonchev–Trinajstić information content (AvgIpc) is 2.32. The number of nitro benzene ring substituents is 1. The van der Waals surface area contributed by atoms with E-state index in [2.05, 4.69) is 4.74 Å². The fourth-order valence-corrected chi connectivity index (χ4v) is 1.37. The highest BCUT2D eigenvalue weighted by atomic mass is 19.1. The molecule has 0 heterocycles. The number of benzene rings is 1. The van der Waals surface area contributed by atoms with Crippen LogP contribution in [-0.2, 0) is 9.53 Å². The summed E-state index contributed by atoms with van der Waals surface area (Å²) in [4.78, 5) is 20.6. The van der Waals surface area contributed by atoms with Crippen molar-refractivity contribution in [1.29, 1.82) is 0 Å². The van der Waals surface area contributed by atoms with Crippen LogP contribution in [0.5, 0.6) is 0 Å². The lowest BCUT2D eigenvalue weighted by molar-refractivity contribution is -0.387. The molecule has 0 unspecified atom stereocenters. The molecule has 0 N–H and O–H groups in total. The normalized spacial score (nSPS) is 10.6. The largest absolute Gasteiger partial charge is 0.469 e. The molecule has 1 rings (SSSR count). The number of ether oxygens (including phenoxy) is 1. The molecule has 0 radical (unpaired) electrons. The van der Waals surface area contributed by atoms with E-state index in [1.807, 2.05) is 0 Å². The number of aryl methyl sites for hydroxylation is 1. The van der Waals surface area contributed by atoms with Gasteiger partial charge in [-0.15, -0.1) is 0 Å². The van der Waals surface area contributed by atoms with E-state index in [1.165, 1.54) is 19.3 Å². The third-order valence-electron chi connectivity index (χ3n) is 2.34. The van der Waals surface area contributed by atoms with E-state index in [0.29, 0.717) is 11.1 Å². The van der Waals surface area contributed by atoms with E-state index in [0.717, 1.165) is 12.1 Å². The molecule has 96 valence electrons. The van der Waals surface area contributed by atoms with Crippen LogP contribution in [0, 0.1) is 22.9 Å². The molecule has 0 aliphatic carbocycles. The summed E-state index contributed by atoms with van der Waals surface area (Å²) in [6.45, 7) is 1.63. The summed E-state index contributed by atoms with van der Waals surface area (Å²) >= 11 is 0. The number of carbonyl (C=O) groups excluding carboxylic acids is 1. The first kappa shape index (κ1) is 13.8. The molecule has 5 nitrogen and oxygen atoms in total. The summed E-state index contributed by atoms with van der Waals surface area (Å²) in [7, 11) is 1.27. The highest BCUT2D eigenvalue weighted by Gasteiger charge is 2.15. The summed E-state index contributed by atoms with van der Waals surface area (Å²) in [5.41, 5.74) is 0.490. The number of hydrogen-bond acceptors (Lipinski definition) is 4. The van der Waals surface area contributed by atoms with Gasteiger partial charge in [-0.2, -0.15) is 4.39 Å². The number of rotatable bonds is 4. The fraction of sp³-hybridized carbons (Fsp3) is 0.250. The van der Waals surface area contributed by atoms with Crippen molar-refractivity contribution in [3.63, 3.8) is 0 Å². The van der Waals surface area contributed by atoms with Crippen LogP contribution in [0.15, 0.2) is 18.2 Å². The Kier molecular flexibility index (Phi) is 4.53. The van der Waals surface area contributed by atoms with Gasteiger partial charge in [0.2, 0.25) is 5.82 Å². The SMILES string of the molecule is COC(=O)CC=Cc1cc(F)c([N+](=O)[O-])cc1C. The van der Waals surface area contributed by atoms with Gasteiger partial charge in [-0.3, -0.25) is 14.9 Å². The van der Waals surface area contributed by atoms with Crippen molar-refractivity contribution in [2.75, 3.05) is 7.11 Å². The molecular formula is C12H12FNO4. The zero-order chi connectivity index (χ0) is 13.7. The van der Waals surface area contributed by atoms with Crippen LogP contribution in [0.1, 0.15) is 17.5 Å². The maximum absolute atomic E-state index is 13.4. The van der Waals surface area contributed by atoms with Crippen LogP contribution < -0.4 is 0 Å². The van der Waals surface area contributed by atoms with E-state index >= 15 is 0 Å². The van der Waals surface area contributed by atoms with Gasteiger partial charge in [-0.05, 0) is 24.1 Å². The van der Waals surface area contributed by atoms with Crippen molar-refractivity contribution in [2.45, 2.75) is 13.3 Å². The van der Waals surface area contributed by atoms with Gasteiger partial charge in [0.05, 0.1) is 18.5 Å². The molecule has 6 heteroatoms. The first-order valence-corrected chi connectivity index (χ1v) is 5.13. The lowest BCUT2D eigenvalue weighted by Crippen LogP contribution is -1.97. The molecule has 1 aromatic carbocycles. The zero-order valence-electron chi connectivity index (χ0n) is 9.97. The Bertz CT molecular complexity index is 511. The Morgan fingerprint density at radius 3 is 2.78 bits per heavy atom. The highest BCUT2D eigenvalue weighted by Crippen LogP contribution is 2.22. The number of methoxy groups -OCH3 is 1. The van der Waals surface area contributed by atoms with E-state index < -0.39 is 22.4 Å². The predicted octanol–water partition coefficient (Wildman–Crippen LogP) is 2.62. The second-order valence-electron chi connectivity index (χ2n) is 3.60. The van der Waals surface area contributed by atoms with E-state index in [4.69, 9.17) is 0 Å². The first-order chi connectivity index (χ1) is 8.45. The van der Waals surface area contributed by atoms with Crippen molar-refractivity contribution < 1.29 is 18.8 Å². The topological polar surface area (TPSA) is 69.4 Å². The summed E-state index contributed by atoms with van der Waals surface area (Å²) in [5, 5.41) is 10.5. The number of nitro groups is 1. The molecular weight excluding hydrogens is 241 g/mol. The summed E-state index contributed by atoms with van der Waals surface area (Å²) in [6, 6.07) is 2.23. The third kappa shape index (κ3) is 3.38. The minimum absolute atomic E-state index is 0.0640. The van der Waals surface area contributed by atoms with Crippen molar-refractivity contribution in [1.82, 2.24) is 0 Å². The molecule has 1 aromatic rings. The first-order valence-electron chi connectivity index (χ1n) is 5.13. The monoisotopic (exact) mass is 253 g/mol. The molecule has 0 saturated carbocycles. The molecule has 0 aliphatic rings. The van der Waals surface area contributed by atoms with Gasteiger partial charge in [0.25, 0.3) is 0 Å². The summed E-state index contributed by atoms with van der Waals surface area (Å²) in [5.74, 6) is -1.31. The molecule has 0 spiro atoms. The maximum atomic E-state index is 13.4. The Labute approximate surface area is 103 Å². The van der Waals surface area contributed by atoms with Crippen molar-refractivity contribution in [3.05, 3.63) is 45.3 Å². The van der Waals surface area contributed by atoms with Crippen LogP contribution in [0.4, 0.5) is 10.1 Å². The number of hydrogen-bond donors (Lipinski definition) is 0. The number of halogens is 1. The minimum Gasteiger partial charge on any atom is -0.469 e. The van der Waals surface area contributed by atoms with E-state index in [-0.39, 0.29) is 6.42 Å². The number of nitrogens with zero attached hydrogens (tertiary/aromatic N) is 1. The molecule has 0 amide bonds. The quantitative estimate of drug-likeness (QED) is 0.470. The Balaban J connectivity index is 2.95. The van der Waals surface area contributed by atoms with E-state index in [1.54, 1.807) is 6.92 Å². The van der Waals surface area contributed by atoms with Gasteiger partial charge in [0, 0.05) is 6.07 Å². The maximum Gasteiger partial charge on any atom is 0.309 e. The minimum atomic E-state index is -0.900. The van der Waals surface area contributed by atoms with Gasteiger partial charge in [0.1, 0.15) is 0 Å². The fourth-order valence-electron chi connectivity index (χ4n) is 1.37. The smallest absolute Gasteiger partial charge is 0.309 e. The van der Waals surface area contributed by atoms with Crippen molar-refractivity contribution >= 4 is 17.7 Å². The Morgan fingerprint density at radius 1 is 1.56 bits per heavy atom. The highest BCUT2D eigenvalue weighted by molar-refractivity contribution is 5.72. The Hall–Kier alpha value is -2.24. The van der Waals surface area contributed by atoms with E-state index in [9.17, 15) is 19.3 Å².